The minimum Gasteiger partial charge on any atom is -0.497 e. The summed E-state index contributed by atoms with van der Waals surface area (Å²) >= 11 is 0. The van der Waals surface area contributed by atoms with Gasteiger partial charge in [-0.3, -0.25) is 4.79 Å². The van der Waals surface area contributed by atoms with Gasteiger partial charge in [-0.2, -0.15) is 0 Å². The molecular weight excluding hydrogens is 312 g/mol. The summed E-state index contributed by atoms with van der Waals surface area (Å²) < 4.78 is 5.14. The van der Waals surface area contributed by atoms with Crippen molar-refractivity contribution in [1.82, 2.24) is 5.32 Å². The molecule has 1 amide bonds. The molecule has 130 valence electrons. The molecule has 2 N–H and O–H groups in total. The number of methoxy groups -OCH3 is 1. The number of nitrogens with one attached hydrogen (secondary N) is 2. The first-order chi connectivity index (χ1) is 12.2. The molecule has 1 aliphatic heterocycles. The molecule has 3 rings (SSSR count). The molecule has 1 aliphatic rings. The van der Waals surface area contributed by atoms with Crippen molar-refractivity contribution in [2.24, 2.45) is 0 Å². The number of amides is 1. The Morgan fingerprint density at radius 3 is 2.52 bits per heavy atom. The minimum atomic E-state index is 0.0994. The monoisotopic (exact) mass is 337 g/mol. The van der Waals surface area contributed by atoms with E-state index in [1.165, 1.54) is 16.0 Å². The van der Waals surface area contributed by atoms with Crippen molar-refractivity contribution in [2.75, 3.05) is 26.7 Å². The lowest BCUT2D eigenvalue weighted by Gasteiger charge is -2.23. The molecule has 25 heavy (non-hydrogen) atoms. The van der Waals surface area contributed by atoms with Gasteiger partial charge < -0.3 is 15.0 Å². The standard InChI is InChI=1S/C21H24N2O2/c1-25-20-9-7-17(8-10-20)15-22-21(24)16-23-13-11-19(12-14-23)18-5-3-2-4-6-18/h2-11H,12-16H2,1H3,(H,22,24)/p+1. The summed E-state index contributed by atoms with van der Waals surface area (Å²) in [6, 6.07) is 18.3. The van der Waals surface area contributed by atoms with E-state index in [2.05, 4.69) is 35.7 Å². The van der Waals surface area contributed by atoms with Crippen LogP contribution in [0.5, 0.6) is 5.75 Å². The van der Waals surface area contributed by atoms with Crippen molar-refractivity contribution >= 4 is 11.5 Å². The van der Waals surface area contributed by atoms with Gasteiger partial charge in [-0.05, 0) is 34.9 Å². The normalized spacial score (nSPS) is 16.8. The molecule has 0 aromatic heterocycles. The molecule has 0 aliphatic carbocycles. The van der Waals surface area contributed by atoms with E-state index in [0.29, 0.717) is 13.1 Å². The first-order valence-corrected chi connectivity index (χ1v) is 8.72. The second-order valence-electron chi connectivity index (χ2n) is 6.35. The zero-order chi connectivity index (χ0) is 17.5. The van der Waals surface area contributed by atoms with E-state index >= 15 is 0 Å². The Hall–Kier alpha value is -2.59. The molecular formula is C21H25N2O2+. The number of rotatable bonds is 6. The van der Waals surface area contributed by atoms with Gasteiger partial charge in [0.1, 0.15) is 5.75 Å². The third kappa shape index (κ3) is 4.94. The van der Waals surface area contributed by atoms with Crippen LogP contribution in [0.1, 0.15) is 17.5 Å². The van der Waals surface area contributed by atoms with E-state index in [1.54, 1.807) is 7.11 Å². The topological polar surface area (TPSA) is 42.8 Å². The Balaban J connectivity index is 1.45. The average Bonchev–Trinajstić information content (AvgIpc) is 2.68. The molecule has 1 atom stereocenters. The van der Waals surface area contributed by atoms with E-state index < -0.39 is 0 Å². The second kappa shape index (κ2) is 8.49. The zero-order valence-electron chi connectivity index (χ0n) is 14.6. The summed E-state index contributed by atoms with van der Waals surface area (Å²) in [5, 5.41) is 3.01. The van der Waals surface area contributed by atoms with Crippen LogP contribution in [0.15, 0.2) is 60.7 Å². The average molecular weight is 337 g/mol. The van der Waals surface area contributed by atoms with Crippen LogP contribution >= 0.6 is 0 Å². The molecule has 0 fully saturated rings. The summed E-state index contributed by atoms with van der Waals surface area (Å²) in [4.78, 5) is 13.5. The number of benzene rings is 2. The number of carbonyl (C=O) groups is 1. The Bertz CT molecular complexity index is 723. The molecule has 0 radical (unpaired) electrons. The highest BCUT2D eigenvalue weighted by molar-refractivity contribution is 5.77. The van der Waals surface area contributed by atoms with Gasteiger partial charge in [0, 0.05) is 13.0 Å². The highest BCUT2D eigenvalue weighted by atomic mass is 16.5. The Morgan fingerprint density at radius 1 is 1.12 bits per heavy atom. The Morgan fingerprint density at radius 2 is 1.88 bits per heavy atom. The van der Waals surface area contributed by atoms with Crippen molar-refractivity contribution in [3.8, 4) is 5.75 Å². The molecule has 0 spiro atoms. The SMILES string of the molecule is COc1ccc(CNC(=O)C[NH+]2CC=C(c3ccccc3)CC2)cc1. The van der Waals surface area contributed by atoms with Crippen LogP contribution in [0.2, 0.25) is 0 Å². The van der Waals surface area contributed by atoms with Crippen LogP contribution in [0, 0.1) is 0 Å². The molecule has 4 heteroatoms. The lowest BCUT2D eigenvalue weighted by Crippen LogP contribution is -3.13. The van der Waals surface area contributed by atoms with Crippen LogP contribution in [-0.4, -0.2) is 32.7 Å². The van der Waals surface area contributed by atoms with Crippen LogP contribution in [0.4, 0.5) is 0 Å². The molecule has 2 aromatic carbocycles. The van der Waals surface area contributed by atoms with Crippen LogP contribution < -0.4 is 15.0 Å². The maximum Gasteiger partial charge on any atom is 0.275 e. The molecule has 0 saturated carbocycles. The first-order valence-electron chi connectivity index (χ1n) is 8.72. The molecule has 2 aromatic rings. The predicted octanol–water partition coefficient (Wildman–Crippen LogP) is 1.68. The fourth-order valence-electron chi connectivity index (χ4n) is 3.09. The number of quaternary nitrogens is 1. The number of hydrogen-bond acceptors (Lipinski definition) is 2. The third-order valence-corrected chi connectivity index (χ3v) is 4.59. The van der Waals surface area contributed by atoms with E-state index in [-0.39, 0.29) is 5.91 Å². The van der Waals surface area contributed by atoms with E-state index in [9.17, 15) is 4.79 Å². The van der Waals surface area contributed by atoms with Crippen molar-refractivity contribution in [1.29, 1.82) is 0 Å². The van der Waals surface area contributed by atoms with Crippen molar-refractivity contribution < 1.29 is 14.4 Å². The van der Waals surface area contributed by atoms with Gasteiger partial charge in [0.2, 0.25) is 0 Å². The number of hydrogen-bond donors (Lipinski definition) is 2. The van der Waals surface area contributed by atoms with Crippen molar-refractivity contribution in [2.45, 2.75) is 13.0 Å². The quantitative estimate of drug-likeness (QED) is 0.842. The Labute approximate surface area is 149 Å². The first kappa shape index (κ1) is 17.2. The van der Waals surface area contributed by atoms with Crippen LogP contribution in [0.3, 0.4) is 0 Å². The van der Waals surface area contributed by atoms with Gasteiger partial charge in [-0.1, -0.05) is 42.5 Å². The minimum absolute atomic E-state index is 0.0994. The van der Waals surface area contributed by atoms with E-state index in [0.717, 1.165) is 30.8 Å². The van der Waals surface area contributed by atoms with E-state index in [4.69, 9.17) is 4.74 Å². The lowest BCUT2D eigenvalue weighted by atomic mass is 10.00. The van der Waals surface area contributed by atoms with Gasteiger partial charge in [-0.15, -0.1) is 0 Å². The highest BCUT2D eigenvalue weighted by Gasteiger charge is 2.18. The van der Waals surface area contributed by atoms with Gasteiger partial charge in [0.25, 0.3) is 5.91 Å². The van der Waals surface area contributed by atoms with Crippen molar-refractivity contribution in [3.05, 3.63) is 71.8 Å². The third-order valence-electron chi connectivity index (χ3n) is 4.59. The van der Waals surface area contributed by atoms with Crippen LogP contribution in [-0.2, 0) is 11.3 Å². The summed E-state index contributed by atoms with van der Waals surface area (Å²) in [6.07, 6.45) is 3.29. The second-order valence-corrected chi connectivity index (χ2v) is 6.35. The summed E-state index contributed by atoms with van der Waals surface area (Å²) in [5.41, 5.74) is 3.77. The molecule has 0 saturated heterocycles. The maximum absolute atomic E-state index is 12.2. The fourth-order valence-corrected chi connectivity index (χ4v) is 3.09. The molecule has 1 unspecified atom stereocenters. The lowest BCUT2D eigenvalue weighted by molar-refractivity contribution is -0.886. The zero-order valence-corrected chi connectivity index (χ0v) is 14.6. The number of ether oxygens (including phenoxy) is 1. The van der Waals surface area contributed by atoms with Gasteiger partial charge in [0.05, 0.1) is 20.2 Å². The van der Waals surface area contributed by atoms with Crippen LogP contribution in [0.25, 0.3) is 5.57 Å². The van der Waals surface area contributed by atoms with Gasteiger partial charge >= 0.3 is 0 Å². The molecule has 4 nitrogen and oxygen atoms in total. The fraction of sp³-hybridized carbons (Fsp3) is 0.286. The van der Waals surface area contributed by atoms with Gasteiger partial charge in [-0.25, -0.2) is 0 Å². The molecule has 1 heterocycles. The van der Waals surface area contributed by atoms with Gasteiger partial charge in [0.15, 0.2) is 6.54 Å². The summed E-state index contributed by atoms with van der Waals surface area (Å²) in [7, 11) is 1.65. The van der Waals surface area contributed by atoms with Crippen molar-refractivity contribution in [3.63, 3.8) is 0 Å². The predicted molar refractivity (Wildman–Crippen MR) is 99.4 cm³/mol. The molecule has 0 bridgehead atoms. The summed E-state index contributed by atoms with van der Waals surface area (Å²) in [6.45, 7) is 2.98. The largest absolute Gasteiger partial charge is 0.497 e. The maximum atomic E-state index is 12.2. The number of carbonyl (C=O) groups excluding carboxylic acids is 1. The smallest absolute Gasteiger partial charge is 0.275 e. The van der Waals surface area contributed by atoms with E-state index in [1.807, 2.05) is 30.3 Å². The Kier molecular flexibility index (Phi) is 5.86. The highest BCUT2D eigenvalue weighted by Crippen LogP contribution is 2.17. The summed E-state index contributed by atoms with van der Waals surface area (Å²) in [5.74, 6) is 0.927.